The van der Waals surface area contributed by atoms with Crippen molar-refractivity contribution < 1.29 is 29.0 Å². The van der Waals surface area contributed by atoms with Gasteiger partial charge in [-0.3, -0.25) is 19.2 Å². The van der Waals surface area contributed by atoms with Gasteiger partial charge in [0.15, 0.2) is 11.7 Å². The highest BCUT2D eigenvalue weighted by Gasteiger charge is 2.42. The van der Waals surface area contributed by atoms with E-state index in [1.807, 2.05) is 0 Å². The number of ketones is 1. The molecule has 1 unspecified atom stereocenters. The Morgan fingerprint density at radius 1 is 1.28 bits per heavy atom. The summed E-state index contributed by atoms with van der Waals surface area (Å²) in [6, 6.07) is 7.13. The van der Waals surface area contributed by atoms with Crippen LogP contribution in [0, 0.1) is 5.92 Å². The second-order valence-electron chi connectivity index (χ2n) is 5.85. The van der Waals surface area contributed by atoms with E-state index < -0.39 is 36.0 Å². The number of benzene rings is 1. The highest BCUT2D eigenvalue weighted by atomic mass is 16.5. The number of nitrogens with zero attached hydrogens (tertiary/aromatic N) is 2. The molecule has 1 N–H and O–H groups in total. The minimum atomic E-state index is -1.46. The van der Waals surface area contributed by atoms with Crippen molar-refractivity contribution >= 4 is 23.6 Å². The van der Waals surface area contributed by atoms with Gasteiger partial charge in [-0.2, -0.15) is 0 Å². The fraction of sp³-hybridized carbons (Fsp3) is 0.412. The van der Waals surface area contributed by atoms with Crippen molar-refractivity contribution in [1.29, 1.82) is 0 Å². The first-order valence-electron chi connectivity index (χ1n) is 7.74. The van der Waals surface area contributed by atoms with Crippen LogP contribution in [0.4, 0.5) is 0 Å². The average Bonchev–Trinajstić information content (AvgIpc) is 2.57. The van der Waals surface area contributed by atoms with Gasteiger partial charge < -0.3 is 19.6 Å². The van der Waals surface area contributed by atoms with E-state index in [1.54, 1.807) is 31.4 Å². The standard InChI is InChI=1S/C17H20N2O6/c1-18(10-14(21)22)16(23)15-13(20)7-8-19(17(15)24)9-11-3-5-12(25-2)6-4-11/h3-6,15H,7-10H2,1-2H3,(H,21,22). The fourth-order valence-corrected chi connectivity index (χ4v) is 2.67. The summed E-state index contributed by atoms with van der Waals surface area (Å²) in [5.74, 6) is -3.82. The molecule has 2 amide bonds. The smallest absolute Gasteiger partial charge is 0.323 e. The fourth-order valence-electron chi connectivity index (χ4n) is 2.67. The highest BCUT2D eigenvalue weighted by molar-refractivity contribution is 6.19. The van der Waals surface area contributed by atoms with Crippen LogP contribution in [0.25, 0.3) is 0 Å². The van der Waals surface area contributed by atoms with Crippen LogP contribution in [0.1, 0.15) is 12.0 Å². The first-order valence-corrected chi connectivity index (χ1v) is 7.74. The van der Waals surface area contributed by atoms with Crippen molar-refractivity contribution in [2.24, 2.45) is 5.92 Å². The van der Waals surface area contributed by atoms with Gasteiger partial charge in [0.05, 0.1) is 7.11 Å². The number of Topliss-reactive ketones (excluding diaryl/α,β-unsaturated/α-hetero) is 1. The maximum Gasteiger partial charge on any atom is 0.323 e. The molecule has 0 radical (unpaired) electrons. The van der Waals surface area contributed by atoms with E-state index in [-0.39, 0.29) is 19.5 Å². The van der Waals surface area contributed by atoms with Gasteiger partial charge in [-0.15, -0.1) is 0 Å². The van der Waals surface area contributed by atoms with E-state index in [0.29, 0.717) is 5.75 Å². The number of hydrogen-bond donors (Lipinski definition) is 1. The number of carbonyl (C=O) groups is 4. The molecule has 2 rings (SSSR count). The Hall–Kier alpha value is -2.90. The van der Waals surface area contributed by atoms with Gasteiger partial charge in [0.2, 0.25) is 11.8 Å². The number of carboxylic acid groups (broad SMARTS) is 1. The third-order valence-corrected chi connectivity index (χ3v) is 4.04. The molecular formula is C17H20N2O6. The third kappa shape index (κ3) is 4.34. The Morgan fingerprint density at radius 2 is 1.92 bits per heavy atom. The summed E-state index contributed by atoms with van der Waals surface area (Å²) in [5.41, 5.74) is 0.841. The number of rotatable bonds is 6. The molecule has 8 heteroatoms. The van der Waals surface area contributed by atoms with E-state index in [9.17, 15) is 19.2 Å². The number of likely N-dealkylation sites (tertiary alicyclic amines) is 1. The Morgan fingerprint density at radius 3 is 2.48 bits per heavy atom. The number of aliphatic carboxylic acids is 1. The molecule has 1 aromatic carbocycles. The SMILES string of the molecule is COc1ccc(CN2CCC(=O)C(C(=O)N(C)CC(=O)O)C2=O)cc1. The molecule has 8 nitrogen and oxygen atoms in total. The summed E-state index contributed by atoms with van der Waals surface area (Å²) < 4.78 is 5.08. The maximum absolute atomic E-state index is 12.6. The molecule has 0 saturated carbocycles. The number of likely N-dealkylation sites (N-methyl/N-ethyl adjacent to an activating group) is 1. The summed E-state index contributed by atoms with van der Waals surface area (Å²) >= 11 is 0. The zero-order valence-electron chi connectivity index (χ0n) is 14.1. The van der Waals surface area contributed by atoms with Crippen LogP contribution in [0.15, 0.2) is 24.3 Å². The van der Waals surface area contributed by atoms with Crippen LogP contribution >= 0.6 is 0 Å². The number of hydrogen-bond acceptors (Lipinski definition) is 5. The molecule has 134 valence electrons. The van der Waals surface area contributed by atoms with Crippen LogP contribution in [0.2, 0.25) is 0 Å². The van der Waals surface area contributed by atoms with Gasteiger partial charge >= 0.3 is 5.97 Å². The lowest BCUT2D eigenvalue weighted by Gasteiger charge is -2.32. The number of methoxy groups -OCH3 is 1. The van der Waals surface area contributed by atoms with E-state index in [4.69, 9.17) is 9.84 Å². The minimum Gasteiger partial charge on any atom is -0.497 e. The molecule has 1 aromatic rings. The summed E-state index contributed by atoms with van der Waals surface area (Å²) in [5, 5.41) is 8.77. The molecule has 1 aliphatic rings. The third-order valence-electron chi connectivity index (χ3n) is 4.04. The number of amides is 2. The van der Waals surface area contributed by atoms with Crippen molar-refractivity contribution in [2.45, 2.75) is 13.0 Å². The zero-order chi connectivity index (χ0) is 18.6. The molecule has 0 spiro atoms. The Bertz CT molecular complexity index is 685. The van der Waals surface area contributed by atoms with E-state index in [0.717, 1.165) is 10.5 Å². The number of carbonyl (C=O) groups excluding carboxylic acids is 3. The normalized spacial score (nSPS) is 17.4. The number of carboxylic acids is 1. The van der Waals surface area contributed by atoms with Gasteiger partial charge in [0, 0.05) is 26.6 Å². The molecule has 1 aliphatic heterocycles. The van der Waals surface area contributed by atoms with E-state index >= 15 is 0 Å². The van der Waals surface area contributed by atoms with Crippen LogP contribution in [0.5, 0.6) is 5.75 Å². The van der Waals surface area contributed by atoms with Crippen molar-refractivity contribution in [1.82, 2.24) is 9.80 Å². The van der Waals surface area contributed by atoms with Gasteiger partial charge in [-0.05, 0) is 17.7 Å². The molecule has 1 atom stereocenters. The zero-order valence-corrected chi connectivity index (χ0v) is 14.1. The largest absolute Gasteiger partial charge is 0.497 e. The topological polar surface area (TPSA) is 104 Å². The molecular weight excluding hydrogens is 328 g/mol. The molecule has 0 aliphatic carbocycles. The van der Waals surface area contributed by atoms with Crippen molar-refractivity contribution in [2.75, 3.05) is 27.2 Å². The maximum atomic E-state index is 12.6. The monoisotopic (exact) mass is 348 g/mol. The highest BCUT2D eigenvalue weighted by Crippen LogP contribution is 2.20. The van der Waals surface area contributed by atoms with E-state index in [2.05, 4.69) is 0 Å². The lowest BCUT2D eigenvalue weighted by atomic mass is 9.93. The van der Waals surface area contributed by atoms with Crippen molar-refractivity contribution in [3.8, 4) is 5.75 Å². The van der Waals surface area contributed by atoms with Gasteiger partial charge in [0.1, 0.15) is 12.3 Å². The predicted molar refractivity (Wildman–Crippen MR) is 86.8 cm³/mol. The first-order chi connectivity index (χ1) is 11.8. The van der Waals surface area contributed by atoms with Gasteiger partial charge in [-0.1, -0.05) is 12.1 Å². The summed E-state index contributed by atoms with van der Waals surface area (Å²) in [6.07, 6.45) is 0.0687. The molecule has 1 heterocycles. The number of piperidine rings is 1. The Labute approximate surface area is 145 Å². The van der Waals surface area contributed by atoms with Crippen LogP contribution in [0.3, 0.4) is 0 Å². The molecule has 0 aromatic heterocycles. The quantitative estimate of drug-likeness (QED) is 0.734. The number of ether oxygens (including phenoxy) is 1. The van der Waals surface area contributed by atoms with Crippen LogP contribution in [-0.4, -0.2) is 65.7 Å². The van der Waals surface area contributed by atoms with Crippen LogP contribution in [-0.2, 0) is 25.7 Å². The molecule has 0 bridgehead atoms. The molecule has 1 fully saturated rings. The van der Waals surface area contributed by atoms with Crippen molar-refractivity contribution in [3.05, 3.63) is 29.8 Å². The second kappa shape index (κ2) is 7.78. The molecule has 25 heavy (non-hydrogen) atoms. The molecule has 1 saturated heterocycles. The van der Waals surface area contributed by atoms with Gasteiger partial charge in [-0.25, -0.2) is 0 Å². The summed E-state index contributed by atoms with van der Waals surface area (Å²) in [6.45, 7) is -0.0625. The van der Waals surface area contributed by atoms with E-state index in [1.165, 1.54) is 11.9 Å². The Kier molecular flexibility index (Phi) is 5.74. The summed E-state index contributed by atoms with van der Waals surface area (Å²) in [7, 11) is 2.82. The lowest BCUT2D eigenvalue weighted by molar-refractivity contribution is -0.157. The second-order valence-corrected chi connectivity index (χ2v) is 5.85. The lowest BCUT2D eigenvalue weighted by Crippen LogP contribution is -2.52. The Balaban J connectivity index is 2.11. The first kappa shape index (κ1) is 18.4. The summed E-state index contributed by atoms with van der Waals surface area (Å²) in [4.78, 5) is 50.0. The average molecular weight is 348 g/mol. The van der Waals surface area contributed by atoms with Gasteiger partial charge in [0.25, 0.3) is 0 Å². The predicted octanol–water partition coefficient (Wildman–Crippen LogP) is 0.156. The van der Waals surface area contributed by atoms with Crippen LogP contribution < -0.4 is 4.74 Å². The minimum absolute atomic E-state index is 0.0687. The van der Waals surface area contributed by atoms with Crippen molar-refractivity contribution in [3.63, 3.8) is 0 Å².